The smallest absolute Gasteiger partial charge is 0.224 e. The average Bonchev–Trinajstić information content (AvgIpc) is 3.08. The van der Waals surface area contributed by atoms with Gasteiger partial charge in [-0.3, -0.25) is 9.78 Å². The zero-order valence-electron chi connectivity index (χ0n) is 15.6. The minimum Gasteiger partial charge on any atom is -0.353 e. The highest BCUT2D eigenvalue weighted by molar-refractivity contribution is 14.1. The van der Waals surface area contributed by atoms with Crippen molar-refractivity contribution in [3.8, 4) is 11.4 Å². The Labute approximate surface area is 181 Å². The summed E-state index contributed by atoms with van der Waals surface area (Å²) >= 11 is 2.23. The van der Waals surface area contributed by atoms with E-state index < -0.39 is 0 Å². The van der Waals surface area contributed by atoms with Crippen molar-refractivity contribution in [3.05, 3.63) is 81.8 Å². The van der Waals surface area contributed by atoms with E-state index in [2.05, 4.69) is 37.9 Å². The van der Waals surface area contributed by atoms with Crippen LogP contribution in [-0.4, -0.2) is 15.9 Å². The molecule has 0 bridgehead atoms. The molecule has 29 heavy (non-hydrogen) atoms. The Morgan fingerprint density at radius 3 is 2.69 bits per heavy atom. The zero-order valence-corrected chi connectivity index (χ0v) is 17.7. The minimum atomic E-state index is -0.276. The fourth-order valence-corrected chi connectivity index (χ4v) is 3.75. The fourth-order valence-electron chi connectivity index (χ4n) is 3.39. The van der Waals surface area contributed by atoms with Gasteiger partial charge in [0.2, 0.25) is 5.91 Å². The van der Waals surface area contributed by atoms with Crippen molar-refractivity contribution in [2.45, 2.75) is 19.3 Å². The molecule has 4 aromatic rings. The van der Waals surface area contributed by atoms with Gasteiger partial charge in [-0.05, 0) is 95.6 Å². The van der Waals surface area contributed by atoms with Crippen LogP contribution in [-0.2, 0) is 11.2 Å². The lowest BCUT2D eigenvalue weighted by atomic mass is 10.0. The van der Waals surface area contributed by atoms with Crippen molar-refractivity contribution in [1.82, 2.24) is 9.97 Å². The lowest BCUT2D eigenvalue weighted by molar-refractivity contribution is -0.116. The second-order valence-corrected chi connectivity index (χ2v) is 8.04. The third kappa shape index (κ3) is 4.64. The Balaban J connectivity index is 1.51. The van der Waals surface area contributed by atoms with E-state index in [1.165, 1.54) is 6.07 Å². The highest BCUT2D eigenvalue weighted by atomic mass is 127. The number of anilines is 1. The van der Waals surface area contributed by atoms with E-state index in [9.17, 15) is 9.18 Å². The monoisotopic (exact) mass is 499 g/mol. The number of aromatic amines is 1. The van der Waals surface area contributed by atoms with E-state index in [0.717, 1.165) is 37.1 Å². The molecule has 0 aliphatic heterocycles. The Hall–Kier alpha value is -2.74. The van der Waals surface area contributed by atoms with Gasteiger partial charge in [0.25, 0.3) is 0 Å². The summed E-state index contributed by atoms with van der Waals surface area (Å²) in [6.07, 6.45) is 3.42. The molecule has 146 valence electrons. The number of aromatic nitrogens is 2. The van der Waals surface area contributed by atoms with Crippen molar-refractivity contribution in [2.75, 3.05) is 5.32 Å². The molecule has 2 aromatic heterocycles. The Bertz CT molecular complexity index is 1140. The van der Waals surface area contributed by atoms with Crippen LogP contribution in [0.4, 0.5) is 10.1 Å². The second-order valence-electron chi connectivity index (χ2n) is 6.79. The summed E-state index contributed by atoms with van der Waals surface area (Å²) in [4.78, 5) is 20.1. The first-order valence-corrected chi connectivity index (χ1v) is 10.4. The first kappa shape index (κ1) is 19.6. The summed E-state index contributed by atoms with van der Waals surface area (Å²) in [7, 11) is 0. The molecule has 4 nitrogen and oxygen atoms in total. The number of nitrogens with one attached hydrogen (secondary N) is 2. The van der Waals surface area contributed by atoms with Crippen LogP contribution in [0.15, 0.2) is 66.9 Å². The van der Waals surface area contributed by atoms with Crippen LogP contribution in [0.3, 0.4) is 0 Å². The van der Waals surface area contributed by atoms with Crippen molar-refractivity contribution < 1.29 is 9.18 Å². The van der Waals surface area contributed by atoms with Crippen LogP contribution < -0.4 is 5.32 Å². The summed E-state index contributed by atoms with van der Waals surface area (Å²) in [5.41, 5.74) is 4.33. The number of carbonyl (C=O) groups excluding carboxylic acids is 1. The summed E-state index contributed by atoms with van der Waals surface area (Å²) in [6, 6.07) is 18.1. The van der Waals surface area contributed by atoms with Crippen LogP contribution in [0.1, 0.15) is 18.4 Å². The molecule has 0 unspecified atom stereocenters. The number of rotatable bonds is 6. The van der Waals surface area contributed by atoms with Gasteiger partial charge in [-0.25, -0.2) is 4.39 Å². The predicted molar refractivity (Wildman–Crippen MR) is 122 cm³/mol. The summed E-state index contributed by atoms with van der Waals surface area (Å²) in [5.74, 6) is -0.307. The van der Waals surface area contributed by atoms with Gasteiger partial charge < -0.3 is 10.3 Å². The maximum absolute atomic E-state index is 13.9. The van der Waals surface area contributed by atoms with E-state index in [0.29, 0.717) is 19.3 Å². The van der Waals surface area contributed by atoms with Gasteiger partial charge in [0.15, 0.2) is 0 Å². The first-order valence-electron chi connectivity index (χ1n) is 9.37. The third-order valence-electron chi connectivity index (χ3n) is 4.75. The fraction of sp³-hybridized carbons (Fsp3) is 0.130. The largest absolute Gasteiger partial charge is 0.353 e. The highest BCUT2D eigenvalue weighted by Gasteiger charge is 2.15. The molecular weight excluding hydrogens is 480 g/mol. The maximum atomic E-state index is 13.9. The lowest BCUT2D eigenvalue weighted by Crippen LogP contribution is -2.11. The van der Waals surface area contributed by atoms with E-state index >= 15 is 0 Å². The van der Waals surface area contributed by atoms with E-state index in [4.69, 9.17) is 0 Å². The molecule has 6 heteroatoms. The number of amides is 1. The van der Waals surface area contributed by atoms with E-state index in [1.54, 1.807) is 18.3 Å². The number of hydrogen-bond acceptors (Lipinski definition) is 2. The molecule has 2 aromatic carbocycles. The van der Waals surface area contributed by atoms with Gasteiger partial charge in [-0.2, -0.15) is 0 Å². The molecule has 0 spiro atoms. The number of benzene rings is 2. The third-order valence-corrected chi connectivity index (χ3v) is 5.47. The Kier molecular flexibility index (Phi) is 5.89. The number of halogens is 2. The molecule has 0 radical (unpaired) electrons. The molecule has 2 N–H and O–H groups in total. The SMILES string of the molecule is O=C(CCCc1c(-c2ccccn2)[nH]c2ccc(F)cc12)Nc1ccc(I)cc1. The number of hydrogen-bond donors (Lipinski definition) is 2. The Morgan fingerprint density at radius 1 is 1.10 bits per heavy atom. The standard InChI is InChI=1S/C23H19FIN3O/c24-15-7-12-20-19(14-15)18(23(28-20)21-5-1-2-13-26-21)4-3-6-22(29)27-17-10-8-16(25)9-11-17/h1-2,5,7-14,28H,3-4,6H2,(H,27,29). The van der Waals surface area contributed by atoms with Crippen molar-refractivity contribution in [1.29, 1.82) is 0 Å². The molecule has 0 saturated carbocycles. The van der Waals surface area contributed by atoms with Crippen LogP contribution in [0.5, 0.6) is 0 Å². The predicted octanol–water partition coefficient (Wildman–Crippen LogP) is 5.94. The van der Waals surface area contributed by atoms with E-state index in [-0.39, 0.29) is 11.7 Å². The molecule has 0 fully saturated rings. The normalized spacial score (nSPS) is 11.0. The summed E-state index contributed by atoms with van der Waals surface area (Å²) < 4.78 is 15.0. The number of carbonyl (C=O) groups is 1. The highest BCUT2D eigenvalue weighted by Crippen LogP contribution is 2.31. The summed E-state index contributed by atoms with van der Waals surface area (Å²) in [5, 5.41) is 3.76. The number of pyridine rings is 1. The summed E-state index contributed by atoms with van der Waals surface area (Å²) in [6.45, 7) is 0. The Morgan fingerprint density at radius 2 is 1.93 bits per heavy atom. The van der Waals surface area contributed by atoms with Gasteiger partial charge >= 0.3 is 0 Å². The van der Waals surface area contributed by atoms with Crippen molar-refractivity contribution >= 4 is 45.1 Å². The van der Waals surface area contributed by atoms with Crippen LogP contribution in [0.2, 0.25) is 0 Å². The minimum absolute atomic E-state index is 0.0309. The topological polar surface area (TPSA) is 57.8 Å². The van der Waals surface area contributed by atoms with Gasteiger partial charge in [0.1, 0.15) is 5.82 Å². The number of nitrogens with zero attached hydrogens (tertiary/aromatic N) is 1. The van der Waals surface area contributed by atoms with Gasteiger partial charge in [0, 0.05) is 32.8 Å². The van der Waals surface area contributed by atoms with Gasteiger partial charge in [0.05, 0.1) is 11.4 Å². The van der Waals surface area contributed by atoms with Crippen molar-refractivity contribution in [2.24, 2.45) is 0 Å². The zero-order chi connectivity index (χ0) is 20.2. The van der Waals surface area contributed by atoms with Crippen LogP contribution >= 0.6 is 22.6 Å². The van der Waals surface area contributed by atoms with Crippen molar-refractivity contribution in [3.63, 3.8) is 0 Å². The molecule has 0 atom stereocenters. The van der Waals surface area contributed by atoms with Gasteiger partial charge in [-0.1, -0.05) is 6.07 Å². The molecule has 0 aliphatic rings. The second kappa shape index (κ2) is 8.73. The molecule has 1 amide bonds. The first-order chi connectivity index (χ1) is 14.1. The van der Waals surface area contributed by atoms with E-state index in [1.807, 2.05) is 42.5 Å². The molecule has 2 heterocycles. The number of H-pyrrole nitrogens is 1. The molecule has 4 rings (SSSR count). The average molecular weight is 499 g/mol. The van der Waals surface area contributed by atoms with Crippen LogP contribution in [0, 0.1) is 9.39 Å². The molecule has 0 saturated heterocycles. The molecule has 0 aliphatic carbocycles. The lowest BCUT2D eigenvalue weighted by Gasteiger charge is -2.07. The quantitative estimate of drug-likeness (QED) is 0.323. The van der Waals surface area contributed by atoms with Gasteiger partial charge in [-0.15, -0.1) is 0 Å². The maximum Gasteiger partial charge on any atom is 0.224 e. The van der Waals surface area contributed by atoms with Crippen LogP contribution in [0.25, 0.3) is 22.3 Å². The molecular formula is C23H19FIN3O. The number of fused-ring (bicyclic) bond motifs is 1. The number of aryl methyl sites for hydroxylation is 1.